The molecule has 7 heteroatoms. The number of aryl methyl sites for hydroxylation is 1. The molecule has 0 aliphatic heterocycles. The summed E-state index contributed by atoms with van der Waals surface area (Å²) in [7, 11) is 0. The van der Waals surface area contributed by atoms with Crippen molar-refractivity contribution in [3.63, 3.8) is 0 Å². The maximum Gasteiger partial charge on any atom is 0.320 e. The third-order valence-corrected chi connectivity index (χ3v) is 3.12. The maximum absolute atomic E-state index is 11.9. The van der Waals surface area contributed by atoms with Gasteiger partial charge in [0.25, 0.3) is 0 Å². The molecule has 106 valence electrons. The van der Waals surface area contributed by atoms with Crippen LogP contribution in [0.1, 0.15) is 31.0 Å². The Morgan fingerprint density at radius 1 is 1.50 bits per heavy atom. The number of urea groups is 1. The van der Waals surface area contributed by atoms with Crippen molar-refractivity contribution in [3.8, 4) is 0 Å². The molecule has 2 aromatic heterocycles. The fourth-order valence-corrected chi connectivity index (χ4v) is 1.97. The van der Waals surface area contributed by atoms with Crippen LogP contribution in [0, 0.1) is 0 Å². The summed E-state index contributed by atoms with van der Waals surface area (Å²) < 4.78 is 0. The topological polar surface area (TPSA) is 82.7 Å². The van der Waals surface area contributed by atoms with Gasteiger partial charge in [0.05, 0.1) is 17.3 Å². The highest BCUT2D eigenvalue weighted by molar-refractivity contribution is 6.30. The lowest BCUT2D eigenvalue weighted by Crippen LogP contribution is -2.31. The second-order valence-electron chi connectivity index (χ2n) is 4.37. The molecule has 0 aliphatic rings. The molecule has 2 amide bonds. The molecule has 0 fully saturated rings. The first-order chi connectivity index (χ1) is 9.60. The standard InChI is InChI=1S/C13H16ClN5O/c1-3-9-4-11(14)7-15-12(9)19-13(20)18-8(2)10-5-16-17-6-10/h4-8H,3H2,1-2H3,(H,16,17)(H2,15,18,19,20). The average molecular weight is 294 g/mol. The van der Waals surface area contributed by atoms with E-state index in [0.717, 1.165) is 17.5 Å². The second-order valence-corrected chi connectivity index (χ2v) is 4.80. The molecule has 1 unspecified atom stereocenters. The van der Waals surface area contributed by atoms with Crippen molar-refractivity contribution in [1.82, 2.24) is 20.5 Å². The van der Waals surface area contributed by atoms with Gasteiger partial charge in [-0.25, -0.2) is 9.78 Å². The number of aromatic amines is 1. The van der Waals surface area contributed by atoms with Gasteiger partial charge in [0.1, 0.15) is 5.82 Å². The maximum atomic E-state index is 11.9. The summed E-state index contributed by atoms with van der Waals surface area (Å²) in [6.07, 6.45) is 5.65. The van der Waals surface area contributed by atoms with Crippen LogP contribution in [0.3, 0.4) is 0 Å². The van der Waals surface area contributed by atoms with Crippen molar-refractivity contribution in [3.05, 3.63) is 40.8 Å². The first-order valence-electron chi connectivity index (χ1n) is 6.30. The molecule has 2 rings (SSSR count). The first kappa shape index (κ1) is 14.3. The minimum Gasteiger partial charge on any atom is -0.331 e. The van der Waals surface area contributed by atoms with Crippen molar-refractivity contribution in [2.24, 2.45) is 0 Å². The van der Waals surface area contributed by atoms with Crippen LogP contribution in [0.15, 0.2) is 24.7 Å². The van der Waals surface area contributed by atoms with Crippen LogP contribution in [0.2, 0.25) is 5.02 Å². The van der Waals surface area contributed by atoms with E-state index >= 15 is 0 Å². The summed E-state index contributed by atoms with van der Waals surface area (Å²) in [5, 5.41) is 12.7. The van der Waals surface area contributed by atoms with Crippen LogP contribution >= 0.6 is 11.6 Å². The Balaban J connectivity index is 2.01. The number of carbonyl (C=O) groups excluding carboxylic acids is 1. The Bertz CT molecular complexity index is 584. The third kappa shape index (κ3) is 3.48. The lowest BCUT2D eigenvalue weighted by atomic mass is 10.2. The van der Waals surface area contributed by atoms with Gasteiger partial charge in [-0.2, -0.15) is 5.10 Å². The number of hydrogen-bond acceptors (Lipinski definition) is 3. The summed E-state index contributed by atoms with van der Waals surface area (Å²) in [6.45, 7) is 3.85. The van der Waals surface area contributed by atoms with Crippen molar-refractivity contribution >= 4 is 23.4 Å². The molecule has 0 bridgehead atoms. The van der Waals surface area contributed by atoms with Crippen LogP contribution in [-0.4, -0.2) is 21.2 Å². The number of H-pyrrole nitrogens is 1. The molecule has 0 spiro atoms. The largest absolute Gasteiger partial charge is 0.331 e. The van der Waals surface area contributed by atoms with Gasteiger partial charge in [-0.05, 0) is 25.0 Å². The molecule has 0 saturated carbocycles. The molecule has 20 heavy (non-hydrogen) atoms. The summed E-state index contributed by atoms with van der Waals surface area (Å²) in [5.41, 5.74) is 1.79. The Labute approximate surface area is 121 Å². The summed E-state index contributed by atoms with van der Waals surface area (Å²) >= 11 is 5.88. The Hall–Kier alpha value is -2.08. The number of anilines is 1. The zero-order valence-corrected chi connectivity index (χ0v) is 12.0. The summed E-state index contributed by atoms with van der Waals surface area (Å²) in [6, 6.07) is 1.33. The summed E-state index contributed by atoms with van der Waals surface area (Å²) in [4.78, 5) is 16.1. The number of halogens is 1. The Morgan fingerprint density at radius 3 is 2.95 bits per heavy atom. The molecule has 0 aliphatic carbocycles. The smallest absolute Gasteiger partial charge is 0.320 e. The molecular weight excluding hydrogens is 278 g/mol. The van der Waals surface area contributed by atoms with E-state index in [4.69, 9.17) is 11.6 Å². The van der Waals surface area contributed by atoms with Gasteiger partial charge in [0.15, 0.2) is 0 Å². The van der Waals surface area contributed by atoms with E-state index < -0.39 is 0 Å². The fraction of sp³-hybridized carbons (Fsp3) is 0.308. The van der Waals surface area contributed by atoms with Crippen LogP contribution in [0.4, 0.5) is 10.6 Å². The van der Waals surface area contributed by atoms with E-state index in [0.29, 0.717) is 10.8 Å². The van der Waals surface area contributed by atoms with Gasteiger partial charge >= 0.3 is 6.03 Å². The minimum atomic E-state index is -0.316. The van der Waals surface area contributed by atoms with Crippen molar-refractivity contribution in [2.75, 3.05) is 5.32 Å². The van der Waals surface area contributed by atoms with Gasteiger partial charge < -0.3 is 5.32 Å². The Kier molecular flexibility index (Phi) is 4.57. The third-order valence-electron chi connectivity index (χ3n) is 2.91. The molecule has 6 nitrogen and oxygen atoms in total. The van der Waals surface area contributed by atoms with Crippen LogP contribution in [0.25, 0.3) is 0 Å². The predicted octanol–water partition coefficient (Wildman–Crippen LogP) is 2.90. The molecule has 1 atom stereocenters. The molecule has 0 saturated heterocycles. The molecule has 3 N–H and O–H groups in total. The van der Waals surface area contributed by atoms with Crippen molar-refractivity contribution in [2.45, 2.75) is 26.3 Å². The highest BCUT2D eigenvalue weighted by Gasteiger charge is 2.12. The molecule has 2 heterocycles. The second kappa shape index (κ2) is 6.38. The van der Waals surface area contributed by atoms with Gasteiger partial charge in [-0.3, -0.25) is 10.4 Å². The van der Waals surface area contributed by atoms with Crippen LogP contribution in [-0.2, 0) is 6.42 Å². The van der Waals surface area contributed by atoms with Crippen molar-refractivity contribution in [1.29, 1.82) is 0 Å². The van der Waals surface area contributed by atoms with Gasteiger partial charge in [-0.1, -0.05) is 18.5 Å². The number of rotatable bonds is 4. The highest BCUT2D eigenvalue weighted by Crippen LogP contribution is 2.18. The highest BCUT2D eigenvalue weighted by atomic mass is 35.5. The molecule has 2 aromatic rings. The molecular formula is C13H16ClN5O. The van der Waals surface area contributed by atoms with Crippen LogP contribution < -0.4 is 10.6 Å². The van der Waals surface area contributed by atoms with E-state index in [1.165, 1.54) is 6.20 Å². The van der Waals surface area contributed by atoms with Gasteiger partial charge in [0, 0.05) is 18.0 Å². The normalized spacial score (nSPS) is 11.9. The first-order valence-corrected chi connectivity index (χ1v) is 6.68. The number of hydrogen-bond donors (Lipinski definition) is 3. The fourth-order valence-electron chi connectivity index (χ4n) is 1.78. The predicted molar refractivity (Wildman–Crippen MR) is 77.8 cm³/mol. The number of aromatic nitrogens is 3. The van der Waals surface area contributed by atoms with E-state index in [1.54, 1.807) is 18.5 Å². The van der Waals surface area contributed by atoms with E-state index in [2.05, 4.69) is 25.8 Å². The number of nitrogens with one attached hydrogen (secondary N) is 3. The summed E-state index contributed by atoms with van der Waals surface area (Å²) in [5.74, 6) is 0.522. The number of nitrogens with zero attached hydrogens (tertiary/aromatic N) is 2. The van der Waals surface area contributed by atoms with E-state index in [1.807, 2.05) is 13.8 Å². The van der Waals surface area contributed by atoms with Crippen LogP contribution in [0.5, 0.6) is 0 Å². The molecule has 0 radical (unpaired) electrons. The lowest BCUT2D eigenvalue weighted by Gasteiger charge is -2.14. The van der Waals surface area contributed by atoms with E-state index in [-0.39, 0.29) is 12.1 Å². The lowest BCUT2D eigenvalue weighted by molar-refractivity contribution is 0.249. The van der Waals surface area contributed by atoms with E-state index in [9.17, 15) is 4.79 Å². The quantitative estimate of drug-likeness (QED) is 0.810. The molecule has 0 aromatic carbocycles. The number of amides is 2. The van der Waals surface area contributed by atoms with Gasteiger partial charge in [0.2, 0.25) is 0 Å². The van der Waals surface area contributed by atoms with Gasteiger partial charge in [-0.15, -0.1) is 0 Å². The van der Waals surface area contributed by atoms with Crippen molar-refractivity contribution < 1.29 is 4.79 Å². The zero-order valence-electron chi connectivity index (χ0n) is 11.3. The average Bonchev–Trinajstić information content (AvgIpc) is 2.94. The Morgan fingerprint density at radius 2 is 2.30 bits per heavy atom. The number of carbonyl (C=O) groups is 1. The zero-order chi connectivity index (χ0) is 14.5. The number of pyridine rings is 1. The minimum absolute atomic E-state index is 0.147. The SMILES string of the molecule is CCc1cc(Cl)cnc1NC(=O)NC(C)c1cn[nH]c1. The monoisotopic (exact) mass is 293 g/mol.